The highest BCUT2D eigenvalue weighted by atomic mass is 32.1. The Bertz CT molecular complexity index is 976. The normalized spacial score (nSPS) is 15.3. The molecule has 3 aromatic rings. The van der Waals surface area contributed by atoms with E-state index in [1.54, 1.807) is 11.3 Å². The van der Waals surface area contributed by atoms with Crippen LogP contribution < -0.4 is 0 Å². The van der Waals surface area contributed by atoms with Crippen LogP contribution in [0, 0.1) is 6.92 Å². The molecule has 0 saturated carbocycles. The molecule has 1 aliphatic rings. The zero-order valence-corrected chi connectivity index (χ0v) is 14.5. The first-order valence-corrected chi connectivity index (χ1v) is 8.94. The number of carbonyl (C=O) groups is 1. The van der Waals surface area contributed by atoms with Gasteiger partial charge >= 0.3 is 5.97 Å². The molecule has 0 unspecified atom stereocenters. The third kappa shape index (κ3) is 3.19. The van der Waals surface area contributed by atoms with Crippen LogP contribution in [0.15, 0.2) is 77.7 Å². The number of benzene rings is 2. The Kier molecular flexibility index (Phi) is 4.08. The summed E-state index contributed by atoms with van der Waals surface area (Å²) in [7, 11) is 0. The Morgan fingerprint density at radius 1 is 0.880 bits per heavy atom. The van der Waals surface area contributed by atoms with Gasteiger partial charge < -0.3 is 4.74 Å². The number of cyclic esters (lactones) is 1. The Morgan fingerprint density at radius 3 is 2.24 bits per heavy atom. The predicted octanol–water partition coefficient (Wildman–Crippen LogP) is 5.70. The van der Waals surface area contributed by atoms with E-state index in [-0.39, 0.29) is 5.97 Å². The fraction of sp³-hybridized carbons (Fsp3) is 0.0455. The molecule has 0 spiro atoms. The lowest BCUT2D eigenvalue weighted by molar-refractivity contribution is -0.130. The highest BCUT2D eigenvalue weighted by molar-refractivity contribution is 7.11. The fourth-order valence-corrected chi connectivity index (χ4v) is 3.63. The monoisotopic (exact) mass is 344 g/mol. The quantitative estimate of drug-likeness (QED) is 0.450. The lowest BCUT2D eigenvalue weighted by Crippen LogP contribution is -1.97. The molecule has 122 valence electrons. The molecule has 4 rings (SSSR count). The highest BCUT2D eigenvalue weighted by Crippen LogP contribution is 2.30. The number of aryl methyl sites for hydroxylation is 1. The number of carbonyl (C=O) groups excluding carboxylic acids is 1. The summed E-state index contributed by atoms with van der Waals surface area (Å²) in [6, 6.07) is 20.3. The predicted molar refractivity (Wildman–Crippen MR) is 103 cm³/mol. The van der Waals surface area contributed by atoms with Gasteiger partial charge in [0.2, 0.25) is 0 Å². The van der Waals surface area contributed by atoms with Crippen molar-refractivity contribution in [3.63, 3.8) is 0 Å². The van der Waals surface area contributed by atoms with Crippen LogP contribution in [0.1, 0.15) is 16.0 Å². The van der Waals surface area contributed by atoms with Gasteiger partial charge in [0.05, 0.1) is 5.57 Å². The molecule has 1 aromatic heterocycles. The van der Waals surface area contributed by atoms with Gasteiger partial charge in [-0.2, -0.15) is 0 Å². The van der Waals surface area contributed by atoms with Crippen LogP contribution in [-0.2, 0) is 9.53 Å². The van der Waals surface area contributed by atoms with Gasteiger partial charge in [0.1, 0.15) is 5.76 Å². The van der Waals surface area contributed by atoms with Gasteiger partial charge in [0, 0.05) is 10.4 Å². The SMILES string of the molecule is Cc1ccsc1/C=C1\C=C(c2ccc(-c3ccccc3)cc2)OC1=O. The summed E-state index contributed by atoms with van der Waals surface area (Å²) >= 11 is 1.62. The molecule has 0 bridgehead atoms. The number of rotatable bonds is 3. The van der Waals surface area contributed by atoms with Gasteiger partial charge in [0.25, 0.3) is 0 Å². The number of ether oxygens (including phenoxy) is 1. The molecule has 0 fully saturated rings. The van der Waals surface area contributed by atoms with Gasteiger partial charge in [-0.25, -0.2) is 4.79 Å². The minimum atomic E-state index is -0.296. The van der Waals surface area contributed by atoms with Gasteiger partial charge in [-0.3, -0.25) is 0 Å². The Labute approximate surface area is 150 Å². The maximum atomic E-state index is 12.1. The smallest absolute Gasteiger partial charge is 0.343 e. The first kappa shape index (κ1) is 15.6. The molecule has 0 radical (unpaired) electrons. The summed E-state index contributed by atoms with van der Waals surface area (Å²) < 4.78 is 5.45. The summed E-state index contributed by atoms with van der Waals surface area (Å²) in [6.45, 7) is 2.04. The van der Waals surface area contributed by atoms with Crippen molar-refractivity contribution in [1.29, 1.82) is 0 Å². The number of esters is 1. The second kappa shape index (κ2) is 6.54. The first-order valence-electron chi connectivity index (χ1n) is 8.06. The molecular weight excluding hydrogens is 328 g/mol. The van der Waals surface area contributed by atoms with Gasteiger partial charge in [-0.15, -0.1) is 11.3 Å². The van der Waals surface area contributed by atoms with Crippen molar-refractivity contribution in [2.45, 2.75) is 6.92 Å². The zero-order valence-electron chi connectivity index (χ0n) is 13.7. The standard InChI is InChI=1S/C22H16O2S/c1-15-11-12-25-21(15)14-19-13-20(24-22(19)23)18-9-7-17(8-10-18)16-5-3-2-4-6-16/h2-14H,1H3/b19-14+. The molecule has 0 amide bonds. The lowest BCUT2D eigenvalue weighted by Gasteiger charge is -2.04. The summed E-state index contributed by atoms with van der Waals surface area (Å²) in [4.78, 5) is 13.2. The van der Waals surface area contributed by atoms with E-state index in [2.05, 4.69) is 12.1 Å². The van der Waals surface area contributed by atoms with E-state index in [1.165, 1.54) is 11.1 Å². The molecule has 3 heteroatoms. The minimum Gasteiger partial charge on any atom is -0.422 e. The van der Waals surface area contributed by atoms with E-state index in [1.807, 2.05) is 73.0 Å². The van der Waals surface area contributed by atoms with E-state index in [9.17, 15) is 4.79 Å². The summed E-state index contributed by atoms with van der Waals surface area (Å²) in [6.07, 6.45) is 3.71. The molecule has 0 saturated heterocycles. The van der Waals surface area contributed by atoms with E-state index in [0.717, 1.165) is 16.0 Å². The highest BCUT2D eigenvalue weighted by Gasteiger charge is 2.22. The molecule has 2 nitrogen and oxygen atoms in total. The average molecular weight is 344 g/mol. The Hall–Kier alpha value is -2.91. The van der Waals surface area contributed by atoms with Gasteiger partial charge in [-0.05, 0) is 47.2 Å². The molecule has 1 aliphatic heterocycles. The van der Waals surface area contributed by atoms with Crippen LogP contribution in [0.3, 0.4) is 0 Å². The maximum absolute atomic E-state index is 12.1. The number of thiophene rings is 1. The largest absolute Gasteiger partial charge is 0.422 e. The van der Waals surface area contributed by atoms with E-state index in [4.69, 9.17) is 4.74 Å². The lowest BCUT2D eigenvalue weighted by atomic mass is 10.0. The molecule has 0 aliphatic carbocycles. The van der Waals surface area contributed by atoms with Crippen LogP contribution in [0.5, 0.6) is 0 Å². The van der Waals surface area contributed by atoms with E-state index >= 15 is 0 Å². The van der Waals surface area contributed by atoms with Crippen molar-refractivity contribution >= 4 is 29.1 Å². The molecule has 2 heterocycles. The van der Waals surface area contributed by atoms with Gasteiger partial charge in [0.15, 0.2) is 0 Å². The molecule has 2 aromatic carbocycles. The molecule has 0 N–H and O–H groups in total. The Morgan fingerprint density at radius 2 is 1.56 bits per heavy atom. The average Bonchev–Trinajstić information content (AvgIpc) is 3.22. The van der Waals surface area contributed by atoms with Crippen molar-refractivity contribution < 1.29 is 9.53 Å². The molecular formula is C22H16O2S. The van der Waals surface area contributed by atoms with E-state index in [0.29, 0.717) is 11.3 Å². The van der Waals surface area contributed by atoms with Crippen molar-refractivity contribution in [3.8, 4) is 11.1 Å². The summed E-state index contributed by atoms with van der Waals surface area (Å²) in [5, 5.41) is 2.02. The van der Waals surface area contributed by atoms with Gasteiger partial charge in [-0.1, -0.05) is 54.6 Å². The Balaban J connectivity index is 1.62. The maximum Gasteiger partial charge on any atom is 0.343 e. The second-order valence-corrected chi connectivity index (χ2v) is 6.86. The third-order valence-electron chi connectivity index (χ3n) is 4.19. The first-order chi connectivity index (χ1) is 12.2. The van der Waals surface area contributed by atoms with Crippen molar-refractivity contribution in [2.24, 2.45) is 0 Å². The fourth-order valence-electron chi connectivity index (χ4n) is 2.76. The summed E-state index contributed by atoms with van der Waals surface area (Å²) in [5.74, 6) is 0.306. The van der Waals surface area contributed by atoms with E-state index < -0.39 is 0 Å². The third-order valence-corrected chi connectivity index (χ3v) is 5.16. The molecule has 0 atom stereocenters. The van der Waals surface area contributed by atoms with Crippen LogP contribution in [-0.4, -0.2) is 5.97 Å². The molecule has 25 heavy (non-hydrogen) atoms. The minimum absolute atomic E-state index is 0.296. The van der Waals surface area contributed by atoms with Crippen LogP contribution in [0.4, 0.5) is 0 Å². The second-order valence-electron chi connectivity index (χ2n) is 5.91. The van der Waals surface area contributed by atoms with Crippen LogP contribution >= 0.6 is 11.3 Å². The number of hydrogen-bond donors (Lipinski definition) is 0. The topological polar surface area (TPSA) is 26.3 Å². The van der Waals surface area contributed by atoms with Crippen molar-refractivity contribution in [2.75, 3.05) is 0 Å². The zero-order chi connectivity index (χ0) is 17.2. The number of hydrogen-bond acceptors (Lipinski definition) is 3. The van der Waals surface area contributed by atoms with Crippen molar-refractivity contribution in [1.82, 2.24) is 0 Å². The van der Waals surface area contributed by atoms with Crippen LogP contribution in [0.2, 0.25) is 0 Å². The van der Waals surface area contributed by atoms with Crippen molar-refractivity contribution in [3.05, 3.63) is 93.7 Å². The van der Waals surface area contributed by atoms with Crippen LogP contribution in [0.25, 0.3) is 23.0 Å². The summed E-state index contributed by atoms with van der Waals surface area (Å²) in [5.41, 5.74) is 4.96.